The summed E-state index contributed by atoms with van der Waals surface area (Å²) in [5, 5.41) is 0. The number of aromatic nitrogens is 4. The van der Waals surface area contributed by atoms with Crippen LogP contribution in [0.15, 0.2) is 24.8 Å². The smallest absolute Gasteiger partial charge is 0.225 e. The van der Waals surface area contributed by atoms with Crippen LogP contribution < -0.4 is 9.80 Å². The summed E-state index contributed by atoms with van der Waals surface area (Å²) in [6.45, 7) is 8.08. The van der Waals surface area contributed by atoms with Crippen LogP contribution in [0.25, 0.3) is 0 Å². The lowest BCUT2D eigenvalue weighted by Crippen LogP contribution is -2.30. The molecule has 0 spiro atoms. The predicted octanol–water partition coefficient (Wildman–Crippen LogP) is 2.10. The summed E-state index contributed by atoms with van der Waals surface area (Å²) >= 11 is 0. The van der Waals surface area contributed by atoms with Gasteiger partial charge in [-0.2, -0.15) is 0 Å². The molecule has 7 heteroatoms. The zero-order valence-electron chi connectivity index (χ0n) is 13.9. The van der Waals surface area contributed by atoms with Gasteiger partial charge < -0.3 is 9.80 Å². The molecule has 2 aliphatic heterocycles. The van der Waals surface area contributed by atoms with E-state index in [1.165, 1.54) is 12.4 Å². The summed E-state index contributed by atoms with van der Waals surface area (Å²) < 4.78 is 13.0. The standard InChI is InChI=1S/C17H21FN6/c1-11(2)15-3-16(22-10-21-15)23-6-12-8-24(9-13(12)7-23)17-19-4-14(18)5-20-17/h3-5,10-13H,6-9H2,1-2H3. The molecular formula is C17H21FN6. The van der Waals surface area contributed by atoms with Gasteiger partial charge in [0.15, 0.2) is 5.82 Å². The third kappa shape index (κ3) is 2.79. The first-order valence-electron chi connectivity index (χ1n) is 8.39. The van der Waals surface area contributed by atoms with Gasteiger partial charge in [0.2, 0.25) is 5.95 Å². The Hall–Kier alpha value is -2.31. The van der Waals surface area contributed by atoms with E-state index in [2.05, 4.69) is 49.6 Å². The number of fused-ring (bicyclic) bond motifs is 1. The normalized spacial score (nSPS) is 23.2. The second kappa shape index (κ2) is 5.96. The Balaban J connectivity index is 1.44. The van der Waals surface area contributed by atoms with E-state index in [-0.39, 0.29) is 0 Å². The summed E-state index contributed by atoms with van der Waals surface area (Å²) in [6.07, 6.45) is 4.13. The summed E-state index contributed by atoms with van der Waals surface area (Å²) in [6, 6.07) is 2.10. The highest BCUT2D eigenvalue weighted by molar-refractivity contribution is 5.43. The van der Waals surface area contributed by atoms with Crippen LogP contribution in [-0.2, 0) is 0 Å². The predicted molar refractivity (Wildman–Crippen MR) is 89.5 cm³/mol. The molecule has 0 aromatic carbocycles. The molecular weight excluding hydrogens is 307 g/mol. The Morgan fingerprint density at radius 1 is 0.958 bits per heavy atom. The lowest BCUT2D eigenvalue weighted by atomic mass is 10.0. The molecule has 4 heterocycles. The third-order valence-corrected chi connectivity index (χ3v) is 4.97. The van der Waals surface area contributed by atoms with Crippen molar-refractivity contribution in [3.05, 3.63) is 36.3 Å². The van der Waals surface area contributed by atoms with E-state index in [0.29, 0.717) is 23.7 Å². The van der Waals surface area contributed by atoms with Gasteiger partial charge in [-0.05, 0) is 5.92 Å². The molecule has 2 atom stereocenters. The zero-order valence-corrected chi connectivity index (χ0v) is 13.9. The van der Waals surface area contributed by atoms with Crippen LogP contribution in [0.1, 0.15) is 25.5 Å². The Kier molecular flexibility index (Phi) is 3.78. The van der Waals surface area contributed by atoms with Gasteiger partial charge in [-0.1, -0.05) is 13.8 Å². The highest BCUT2D eigenvalue weighted by Gasteiger charge is 2.41. The maximum absolute atomic E-state index is 13.0. The van der Waals surface area contributed by atoms with Crippen molar-refractivity contribution in [2.45, 2.75) is 19.8 Å². The molecule has 2 unspecified atom stereocenters. The van der Waals surface area contributed by atoms with Crippen molar-refractivity contribution in [3.8, 4) is 0 Å². The maximum Gasteiger partial charge on any atom is 0.225 e. The summed E-state index contributed by atoms with van der Waals surface area (Å²) in [5.74, 6) is 2.79. The fourth-order valence-electron chi connectivity index (χ4n) is 3.66. The van der Waals surface area contributed by atoms with Crippen LogP contribution >= 0.6 is 0 Å². The van der Waals surface area contributed by atoms with Crippen molar-refractivity contribution >= 4 is 11.8 Å². The molecule has 2 fully saturated rings. The number of hydrogen-bond acceptors (Lipinski definition) is 6. The van der Waals surface area contributed by atoms with Gasteiger partial charge in [0.05, 0.1) is 12.4 Å². The molecule has 0 radical (unpaired) electrons. The highest BCUT2D eigenvalue weighted by Crippen LogP contribution is 2.34. The minimum atomic E-state index is -0.394. The van der Waals surface area contributed by atoms with Crippen LogP contribution in [0.4, 0.5) is 16.2 Å². The van der Waals surface area contributed by atoms with Crippen molar-refractivity contribution in [2.75, 3.05) is 36.0 Å². The maximum atomic E-state index is 13.0. The minimum Gasteiger partial charge on any atom is -0.356 e. The van der Waals surface area contributed by atoms with Crippen LogP contribution in [0, 0.1) is 17.7 Å². The van der Waals surface area contributed by atoms with Crippen molar-refractivity contribution < 1.29 is 4.39 Å². The first-order valence-corrected chi connectivity index (χ1v) is 8.39. The molecule has 4 rings (SSSR count). The van der Waals surface area contributed by atoms with Gasteiger partial charge in [-0.25, -0.2) is 24.3 Å². The molecule has 2 aromatic rings. The zero-order chi connectivity index (χ0) is 16.7. The Morgan fingerprint density at radius 3 is 2.21 bits per heavy atom. The van der Waals surface area contributed by atoms with Crippen LogP contribution in [0.5, 0.6) is 0 Å². The molecule has 24 heavy (non-hydrogen) atoms. The van der Waals surface area contributed by atoms with Crippen LogP contribution in [0.2, 0.25) is 0 Å². The quantitative estimate of drug-likeness (QED) is 0.860. The topological polar surface area (TPSA) is 58.0 Å². The fourth-order valence-corrected chi connectivity index (χ4v) is 3.66. The van der Waals surface area contributed by atoms with Gasteiger partial charge in [-0.3, -0.25) is 0 Å². The second-order valence-corrected chi connectivity index (χ2v) is 6.99. The number of hydrogen-bond donors (Lipinski definition) is 0. The molecule has 6 nitrogen and oxygen atoms in total. The molecule has 126 valence electrons. The average molecular weight is 328 g/mol. The molecule has 2 saturated heterocycles. The largest absolute Gasteiger partial charge is 0.356 e. The minimum absolute atomic E-state index is 0.394. The van der Waals surface area contributed by atoms with E-state index in [0.717, 1.165) is 37.7 Å². The molecule has 2 aliphatic rings. The summed E-state index contributed by atoms with van der Waals surface area (Å²) in [7, 11) is 0. The van der Waals surface area contributed by atoms with E-state index in [9.17, 15) is 4.39 Å². The van der Waals surface area contributed by atoms with Crippen molar-refractivity contribution in [1.29, 1.82) is 0 Å². The first kappa shape index (κ1) is 15.2. The lowest BCUT2D eigenvalue weighted by molar-refractivity contribution is 0.533. The van der Waals surface area contributed by atoms with E-state index >= 15 is 0 Å². The van der Waals surface area contributed by atoms with Crippen LogP contribution in [0.3, 0.4) is 0 Å². The Bertz CT molecular complexity index is 705. The fraction of sp³-hybridized carbons (Fsp3) is 0.529. The Labute approximate surface area is 140 Å². The number of nitrogens with zero attached hydrogens (tertiary/aromatic N) is 6. The van der Waals surface area contributed by atoms with Crippen LogP contribution in [-0.4, -0.2) is 46.1 Å². The second-order valence-electron chi connectivity index (χ2n) is 6.99. The molecule has 0 aliphatic carbocycles. The average Bonchev–Trinajstić information content (AvgIpc) is 3.14. The van der Waals surface area contributed by atoms with Gasteiger partial charge in [0.25, 0.3) is 0 Å². The van der Waals surface area contributed by atoms with Crippen molar-refractivity contribution in [1.82, 2.24) is 19.9 Å². The number of rotatable bonds is 3. The number of halogens is 1. The number of anilines is 2. The molecule has 0 N–H and O–H groups in total. The van der Waals surface area contributed by atoms with Gasteiger partial charge in [0, 0.05) is 49.8 Å². The van der Waals surface area contributed by atoms with Gasteiger partial charge >= 0.3 is 0 Å². The van der Waals surface area contributed by atoms with Gasteiger partial charge in [-0.15, -0.1) is 0 Å². The Morgan fingerprint density at radius 2 is 1.58 bits per heavy atom. The monoisotopic (exact) mass is 328 g/mol. The molecule has 0 amide bonds. The van der Waals surface area contributed by atoms with Crippen molar-refractivity contribution in [2.24, 2.45) is 11.8 Å². The lowest BCUT2D eigenvalue weighted by Gasteiger charge is -2.22. The van der Waals surface area contributed by atoms with E-state index < -0.39 is 5.82 Å². The van der Waals surface area contributed by atoms with E-state index in [4.69, 9.17) is 0 Å². The molecule has 0 saturated carbocycles. The first-order chi connectivity index (χ1) is 11.6. The molecule has 2 aromatic heterocycles. The van der Waals surface area contributed by atoms with Crippen molar-refractivity contribution in [3.63, 3.8) is 0 Å². The summed E-state index contributed by atoms with van der Waals surface area (Å²) in [4.78, 5) is 21.5. The van der Waals surface area contributed by atoms with E-state index in [1.54, 1.807) is 6.33 Å². The summed E-state index contributed by atoms with van der Waals surface area (Å²) in [5.41, 5.74) is 1.08. The van der Waals surface area contributed by atoms with E-state index in [1.807, 2.05) is 0 Å². The molecule has 0 bridgehead atoms. The third-order valence-electron chi connectivity index (χ3n) is 4.97. The SMILES string of the molecule is CC(C)c1cc(N2CC3CN(c4ncc(F)cn4)CC3C2)ncn1. The highest BCUT2D eigenvalue weighted by atomic mass is 19.1. The van der Waals surface area contributed by atoms with Gasteiger partial charge in [0.1, 0.15) is 12.1 Å².